The Balaban J connectivity index is 1.95. The Labute approximate surface area is 123 Å². The second kappa shape index (κ2) is 5.41. The first-order valence-corrected chi connectivity index (χ1v) is 6.20. The molecule has 2 heterocycles. The van der Waals surface area contributed by atoms with Crippen LogP contribution in [0.1, 0.15) is 5.56 Å². The number of benzene rings is 1. The minimum atomic E-state index is -0.350. The number of nitrogens with zero attached hydrogens (tertiary/aromatic N) is 6. The normalized spacial score (nSPS) is 10.6. The van der Waals surface area contributed by atoms with Gasteiger partial charge in [-0.25, -0.2) is 9.37 Å². The summed E-state index contributed by atoms with van der Waals surface area (Å²) in [6.45, 7) is 1.71. The van der Waals surface area contributed by atoms with Crippen LogP contribution in [0.25, 0.3) is 5.95 Å². The average Bonchev–Trinajstić information content (AvgIpc) is 2.95. The van der Waals surface area contributed by atoms with Gasteiger partial charge in [0.25, 0.3) is 5.95 Å². The molecule has 0 aliphatic rings. The van der Waals surface area contributed by atoms with Gasteiger partial charge in [-0.15, -0.1) is 0 Å². The summed E-state index contributed by atoms with van der Waals surface area (Å²) in [6, 6.07) is 4.09. The van der Waals surface area contributed by atoms with Crippen molar-refractivity contribution < 1.29 is 9.13 Å². The summed E-state index contributed by atoms with van der Waals surface area (Å²) in [5, 5.41) is 3.84. The van der Waals surface area contributed by atoms with Crippen molar-refractivity contribution in [2.75, 3.05) is 0 Å². The topological polar surface area (TPSA) is 78.6 Å². The van der Waals surface area contributed by atoms with Gasteiger partial charge >= 0.3 is 6.01 Å². The molecule has 0 saturated heterocycles. The van der Waals surface area contributed by atoms with Gasteiger partial charge < -0.3 is 4.74 Å². The zero-order valence-electron chi connectivity index (χ0n) is 10.7. The van der Waals surface area contributed by atoms with E-state index >= 15 is 0 Å². The third kappa shape index (κ3) is 2.95. The first kappa shape index (κ1) is 13.4. The first-order valence-electron chi connectivity index (χ1n) is 5.82. The van der Waals surface area contributed by atoms with Crippen molar-refractivity contribution in [2.45, 2.75) is 6.92 Å². The maximum absolute atomic E-state index is 13.1. The van der Waals surface area contributed by atoms with Crippen LogP contribution in [-0.4, -0.2) is 29.7 Å². The second-order valence-corrected chi connectivity index (χ2v) is 4.38. The molecule has 1 aromatic carbocycles. The van der Waals surface area contributed by atoms with E-state index in [1.807, 2.05) is 0 Å². The Morgan fingerprint density at radius 1 is 1.24 bits per heavy atom. The van der Waals surface area contributed by atoms with E-state index in [4.69, 9.17) is 16.3 Å². The van der Waals surface area contributed by atoms with Gasteiger partial charge in [0.2, 0.25) is 5.28 Å². The lowest BCUT2D eigenvalue weighted by Gasteiger charge is -2.08. The van der Waals surface area contributed by atoms with Crippen molar-refractivity contribution >= 4 is 11.6 Å². The smallest absolute Gasteiger partial charge is 0.328 e. The van der Waals surface area contributed by atoms with Gasteiger partial charge in [0.05, 0.1) is 0 Å². The molecule has 0 N–H and O–H groups in total. The Kier molecular flexibility index (Phi) is 3.44. The maximum atomic E-state index is 13.1. The Hall–Kier alpha value is -2.61. The van der Waals surface area contributed by atoms with Crippen LogP contribution in [0.3, 0.4) is 0 Å². The van der Waals surface area contributed by atoms with E-state index in [1.165, 1.54) is 35.5 Å². The molecule has 9 heteroatoms. The molecule has 0 aliphatic heterocycles. The zero-order valence-corrected chi connectivity index (χ0v) is 11.5. The molecule has 7 nitrogen and oxygen atoms in total. The summed E-state index contributed by atoms with van der Waals surface area (Å²) in [7, 11) is 0. The second-order valence-electron chi connectivity index (χ2n) is 4.04. The number of aryl methyl sites for hydroxylation is 1. The van der Waals surface area contributed by atoms with Gasteiger partial charge in [0.1, 0.15) is 24.2 Å². The monoisotopic (exact) mass is 306 g/mol. The molecule has 0 fully saturated rings. The maximum Gasteiger partial charge on any atom is 0.328 e. The number of rotatable bonds is 3. The van der Waals surface area contributed by atoms with Crippen LogP contribution in [-0.2, 0) is 0 Å². The molecular formula is C12H8ClFN6O. The predicted molar refractivity (Wildman–Crippen MR) is 71.0 cm³/mol. The van der Waals surface area contributed by atoms with Crippen LogP contribution in [0.15, 0.2) is 30.9 Å². The third-order valence-electron chi connectivity index (χ3n) is 2.54. The van der Waals surface area contributed by atoms with Crippen molar-refractivity contribution in [1.82, 2.24) is 29.7 Å². The number of hydrogen-bond donors (Lipinski definition) is 0. The summed E-state index contributed by atoms with van der Waals surface area (Å²) >= 11 is 5.83. The van der Waals surface area contributed by atoms with E-state index in [0.717, 1.165) is 0 Å². The molecule has 0 spiro atoms. The molecule has 106 valence electrons. The van der Waals surface area contributed by atoms with Crippen LogP contribution in [0, 0.1) is 12.7 Å². The molecular weight excluding hydrogens is 299 g/mol. The van der Waals surface area contributed by atoms with E-state index < -0.39 is 0 Å². The summed E-state index contributed by atoms with van der Waals surface area (Å²) in [5.74, 6) is 0.238. The van der Waals surface area contributed by atoms with Crippen LogP contribution in [0.4, 0.5) is 4.39 Å². The van der Waals surface area contributed by atoms with Crippen molar-refractivity contribution in [1.29, 1.82) is 0 Å². The van der Waals surface area contributed by atoms with Crippen molar-refractivity contribution in [3.05, 3.63) is 47.5 Å². The average molecular weight is 307 g/mol. The molecule has 21 heavy (non-hydrogen) atoms. The fraction of sp³-hybridized carbons (Fsp3) is 0.0833. The molecule has 0 radical (unpaired) electrons. The quantitative estimate of drug-likeness (QED) is 0.739. The van der Waals surface area contributed by atoms with E-state index in [2.05, 4.69) is 25.0 Å². The minimum absolute atomic E-state index is 0.0183. The van der Waals surface area contributed by atoms with Crippen LogP contribution >= 0.6 is 11.6 Å². The number of aromatic nitrogens is 6. The summed E-state index contributed by atoms with van der Waals surface area (Å²) in [4.78, 5) is 15.7. The molecule has 0 atom stereocenters. The van der Waals surface area contributed by atoms with E-state index in [1.54, 1.807) is 6.92 Å². The summed E-state index contributed by atoms with van der Waals surface area (Å²) in [6.07, 6.45) is 2.75. The highest BCUT2D eigenvalue weighted by molar-refractivity contribution is 6.28. The number of ether oxygens (including phenoxy) is 1. The lowest BCUT2D eigenvalue weighted by atomic mass is 10.2. The van der Waals surface area contributed by atoms with Crippen LogP contribution < -0.4 is 4.74 Å². The van der Waals surface area contributed by atoms with Gasteiger partial charge in [-0.2, -0.15) is 24.7 Å². The largest absolute Gasteiger partial charge is 0.424 e. The number of hydrogen-bond acceptors (Lipinski definition) is 6. The fourth-order valence-corrected chi connectivity index (χ4v) is 1.76. The zero-order chi connectivity index (χ0) is 14.8. The van der Waals surface area contributed by atoms with Crippen molar-refractivity contribution in [2.24, 2.45) is 0 Å². The van der Waals surface area contributed by atoms with E-state index in [9.17, 15) is 4.39 Å². The van der Waals surface area contributed by atoms with Crippen molar-refractivity contribution in [3.8, 4) is 17.7 Å². The summed E-state index contributed by atoms with van der Waals surface area (Å²) in [5.41, 5.74) is 0.605. The molecule has 0 unspecified atom stereocenters. The molecule has 0 saturated carbocycles. The molecule has 3 rings (SSSR count). The third-order valence-corrected chi connectivity index (χ3v) is 2.71. The minimum Gasteiger partial charge on any atom is -0.424 e. The highest BCUT2D eigenvalue weighted by Crippen LogP contribution is 2.24. The molecule has 0 aliphatic carbocycles. The standard InChI is InChI=1S/C12H8ClFN6O/c1-7-4-8(14)2-3-9(7)21-12-18-10(13)17-11(19-12)20-6-15-5-16-20/h2-6H,1H3. The Morgan fingerprint density at radius 2 is 2.10 bits per heavy atom. The van der Waals surface area contributed by atoms with E-state index in [-0.39, 0.29) is 23.1 Å². The number of halogens is 2. The van der Waals surface area contributed by atoms with Gasteiger partial charge in [-0.05, 0) is 42.3 Å². The lowest BCUT2D eigenvalue weighted by molar-refractivity contribution is 0.433. The Bertz CT molecular complexity index is 779. The highest BCUT2D eigenvalue weighted by Gasteiger charge is 2.11. The SMILES string of the molecule is Cc1cc(F)ccc1Oc1nc(Cl)nc(-n2cncn2)n1. The molecule has 0 bridgehead atoms. The Morgan fingerprint density at radius 3 is 2.81 bits per heavy atom. The highest BCUT2D eigenvalue weighted by atomic mass is 35.5. The first-order chi connectivity index (χ1) is 10.1. The van der Waals surface area contributed by atoms with Crippen molar-refractivity contribution in [3.63, 3.8) is 0 Å². The molecule has 0 amide bonds. The van der Waals surface area contributed by atoms with Gasteiger partial charge in [-0.3, -0.25) is 0 Å². The van der Waals surface area contributed by atoms with Gasteiger partial charge in [0.15, 0.2) is 0 Å². The predicted octanol–water partition coefficient (Wildman–Crippen LogP) is 2.35. The van der Waals surface area contributed by atoms with Gasteiger partial charge in [0, 0.05) is 0 Å². The lowest BCUT2D eigenvalue weighted by Crippen LogP contribution is -2.05. The molecule has 2 aromatic heterocycles. The molecule has 3 aromatic rings. The summed E-state index contributed by atoms with van der Waals surface area (Å²) < 4.78 is 19.9. The van der Waals surface area contributed by atoms with Crippen LogP contribution in [0.5, 0.6) is 11.8 Å². The van der Waals surface area contributed by atoms with E-state index in [0.29, 0.717) is 11.3 Å². The van der Waals surface area contributed by atoms with Crippen LogP contribution in [0.2, 0.25) is 5.28 Å². The van der Waals surface area contributed by atoms with Gasteiger partial charge in [-0.1, -0.05) is 0 Å². The fourth-order valence-electron chi connectivity index (χ4n) is 1.61.